The Hall–Kier alpha value is -2.10. The van der Waals surface area contributed by atoms with Gasteiger partial charge in [-0.05, 0) is 62.2 Å². The molecule has 0 N–H and O–H groups in total. The molecule has 4 heteroatoms. The minimum Gasteiger partial charge on any atom is -0.320 e. The molecule has 3 nitrogen and oxygen atoms in total. The van der Waals surface area contributed by atoms with Crippen LogP contribution in [0.5, 0.6) is 0 Å². The molecule has 0 bridgehead atoms. The summed E-state index contributed by atoms with van der Waals surface area (Å²) < 4.78 is 2.41. The molecule has 132 valence electrons. The molecule has 3 heterocycles. The molecule has 1 aliphatic heterocycles. The van der Waals surface area contributed by atoms with Crippen LogP contribution in [0.1, 0.15) is 34.6 Å². The van der Waals surface area contributed by atoms with E-state index < -0.39 is 0 Å². The summed E-state index contributed by atoms with van der Waals surface area (Å²) in [4.78, 5) is 7.12. The van der Waals surface area contributed by atoms with Crippen LogP contribution in [0.2, 0.25) is 5.02 Å². The predicted octanol–water partition coefficient (Wildman–Crippen LogP) is 4.93. The number of hydrogen-bond acceptors (Lipinski definition) is 2. The summed E-state index contributed by atoms with van der Waals surface area (Å²) in [6, 6.07) is 10.6. The van der Waals surface area contributed by atoms with Crippen LogP contribution in [-0.4, -0.2) is 28.0 Å². The van der Waals surface area contributed by atoms with Crippen LogP contribution < -0.4 is 0 Å². The van der Waals surface area contributed by atoms with E-state index in [2.05, 4.69) is 53.9 Å². The van der Waals surface area contributed by atoms with Crippen molar-refractivity contribution in [2.24, 2.45) is 0 Å². The molecule has 2 aliphatic rings. The van der Waals surface area contributed by atoms with Gasteiger partial charge in [-0.25, -0.2) is 0 Å². The van der Waals surface area contributed by atoms with Gasteiger partial charge in [0.05, 0.1) is 5.52 Å². The van der Waals surface area contributed by atoms with E-state index in [-0.39, 0.29) is 0 Å². The smallest absolute Gasteiger partial charge is 0.0529 e. The average Bonchev–Trinajstić information content (AvgIpc) is 3.14. The third-order valence-corrected chi connectivity index (χ3v) is 5.95. The normalized spacial score (nSPS) is 18.5. The standard InChI is InChI=1S/C22H22ClN3/c1-14-3-6-17-15(4-7-20(17)24-14)12-26-21-8-5-16(23)11-18(21)19-13-25(2)10-9-22(19)26/h3,5-6,8,11-12H,4,7,9-10,13H2,1-2H3. The van der Waals surface area contributed by atoms with Gasteiger partial charge < -0.3 is 9.47 Å². The number of hydrogen-bond donors (Lipinski definition) is 0. The molecule has 0 spiro atoms. The van der Waals surface area contributed by atoms with Gasteiger partial charge in [0.25, 0.3) is 0 Å². The molecule has 0 fully saturated rings. The highest BCUT2D eigenvalue weighted by atomic mass is 35.5. The van der Waals surface area contributed by atoms with Crippen molar-refractivity contribution in [3.63, 3.8) is 0 Å². The Balaban J connectivity index is 1.71. The summed E-state index contributed by atoms with van der Waals surface area (Å²) in [5, 5.41) is 2.10. The van der Waals surface area contributed by atoms with Gasteiger partial charge in [-0.15, -0.1) is 0 Å². The Kier molecular flexibility index (Phi) is 3.70. The zero-order chi connectivity index (χ0) is 17.8. The Morgan fingerprint density at radius 2 is 2.00 bits per heavy atom. The van der Waals surface area contributed by atoms with Crippen molar-refractivity contribution in [3.8, 4) is 0 Å². The topological polar surface area (TPSA) is 21.1 Å². The minimum atomic E-state index is 0.809. The fraction of sp³-hybridized carbons (Fsp3) is 0.318. The van der Waals surface area contributed by atoms with E-state index in [0.29, 0.717) is 0 Å². The molecule has 2 aromatic heterocycles. The number of likely N-dealkylation sites (N-methyl/N-ethyl adjacent to an activating group) is 1. The molecule has 0 unspecified atom stereocenters. The van der Waals surface area contributed by atoms with E-state index in [4.69, 9.17) is 16.6 Å². The predicted molar refractivity (Wildman–Crippen MR) is 108 cm³/mol. The van der Waals surface area contributed by atoms with Crippen molar-refractivity contribution in [2.75, 3.05) is 13.6 Å². The van der Waals surface area contributed by atoms with E-state index in [1.807, 2.05) is 6.07 Å². The largest absolute Gasteiger partial charge is 0.320 e. The van der Waals surface area contributed by atoms with Gasteiger partial charge in [0.1, 0.15) is 0 Å². The fourth-order valence-corrected chi connectivity index (χ4v) is 4.59. The summed E-state index contributed by atoms with van der Waals surface area (Å²) in [7, 11) is 2.19. The second-order valence-electron chi connectivity index (χ2n) is 7.55. The van der Waals surface area contributed by atoms with Crippen LogP contribution in [-0.2, 0) is 19.4 Å². The van der Waals surface area contributed by atoms with Crippen LogP contribution in [0.4, 0.5) is 0 Å². The maximum atomic E-state index is 6.31. The number of fused-ring (bicyclic) bond motifs is 4. The Morgan fingerprint density at radius 3 is 2.88 bits per heavy atom. The Labute approximate surface area is 158 Å². The molecular weight excluding hydrogens is 342 g/mol. The quantitative estimate of drug-likeness (QED) is 0.611. The second kappa shape index (κ2) is 5.97. The van der Waals surface area contributed by atoms with Crippen molar-refractivity contribution < 1.29 is 0 Å². The molecule has 0 amide bonds. The number of halogens is 1. The molecule has 0 saturated heterocycles. The number of aromatic nitrogens is 2. The lowest BCUT2D eigenvalue weighted by atomic mass is 10.1. The molecule has 0 radical (unpaired) electrons. The highest BCUT2D eigenvalue weighted by molar-refractivity contribution is 6.31. The molecule has 26 heavy (non-hydrogen) atoms. The zero-order valence-corrected chi connectivity index (χ0v) is 16.0. The summed E-state index contributed by atoms with van der Waals surface area (Å²) in [5.74, 6) is 0. The zero-order valence-electron chi connectivity index (χ0n) is 15.2. The number of pyridine rings is 1. The summed E-state index contributed by atoms with van der Waals surface area (Å²) in [6.45, 7) is 4.15. The lowest BCUT2D eigenvalue weighted by Crippen LogP contribution is -2.26. The van der Waals surface area contributed by atoms with Crippen molar-refractivity contribution >= 4 is 34.3 Å². The minimum absolute atomic E-state index is 0.809. The number of benzene rings is 1. The Morgan fingerprint density at radius 1 is 1.12 bits per heavy atom. The highest BCUT2D eigenvalue weighted by Crippen LogP contribution is 2.36. The first-order chi connectivity index (χ1) is 12.6. The van der Waals surface area contributed by atoms with Crippen molar-refractivity contribution in [2.45, 2.75) is 32.7 Å². The van der Waals surface area contributed by atoms with Crippen molar-refractivity contribution in [1.29, 1.82) is 0 Å². The first kappa shape index (κ1) is 16.1. The number of allylic oxidation sites excluding steroid dienone is 1. The van der Waals surface area contributed by atoms with Crippen LogP contribution in [0, 0.1) is 6.92 Å². The Bertz CT molecular complexity index is 1060. The van der Waals surface area contributed by atoms with E-state index in [1.165, 1.54) is 39.0 Å². The average molecular weight is 364 g/mol. The van der Waals surface area contributed by atoms with E-state index >= 15 is 0 Å². The van der Waals surface area contributed by atoms with Gasteiger partial charge in [-0.1, -0.05) is 17.7 Å². The molecule has 5 rings (SSSR count). The maximum absolute atomic E-state index is 6.31. The summed E-state index contributed by atoms with van der Waals surface area (Å²) in [6.07, 6.45) is 5.52. The number of nitrogens with zero attached hydrogens (tertiary/aromatic N) is 3. The van der Waals surface area contributed by atoms with Gasteiger partial charge in [-0.3, -0.25) is 4.98 Å². The summed E-state index contributed by atoms with van der Waals surface area (Å²) >= 11 is 6.31. The van der Waals surface area contributed by atoms with Gasteiger partial charge >= 0.3 is 0 Å². The fourth-order valence-electron chi connectivity index (χ4n) is 4.42. The first-order valence-electron chi connectivity index (χ1n) is 9.27. The summed E-state index contributed by atoms with van der Waals surface area (Å²) in [5.41, 5.74) is 9.16. The molecule has 0 atom stereocenters. The highest BCUT2D eigenvalue weighted by Gasteiger charge is 2.23. The first-order valence-corrected chi connectivity index (χ1v) is 9.65. The third kappa shape index (κ3) is 2.50. The molecule has 1 aliphatic carbocycles. The van der Waals surface area contributed by atoms with E-state index in [1.54, 1.807) is 0 Å². The van der Waals surface area contributed by atoms with Gasteiger partial charge in [0, 0.05) is 58.8 Å². The molecule has 3 aromatic rings. The second-order valence-corrected chi connectivity index (χ2v) is 7.98. The lowest BCUT2D eigenvalue weighted by molar-refractivity contribution is 0.312. The maximum Gasteiger partial charge on any atom is 0.0529 e. The van der Waals surface area contributed by atoms with Gasteiger partial charge in [-0.2, -0.15) is 0 Å². The third-order valence-electron chi connectivity index (χ3n) is 5.72. The number of aryl methyl sites for hydroxylation is 2. The van der Waals surface area contributed by atoms with Gasteiger partial charge in [0.2, 0.25) is 0 Å². The van der Waals surface area contributed by atoms with Crippen LogP contribution >= 0.6 is 11.6 Å². The van der Waals surface area contributed by atoms with Gasteiger partial charge in [0.15, 0.2) is 0 Å². The monoisotopic (exact) mass is 363 g/mol. The molecule has 0 saturated carbocycles. The van der Waals surface area contributed by atoms with Crippen molar-refractivity contribution in [1.82, 2.24) is 14.5 Å². The molecule has 1 aromatic carbocycles. The van der Waals surface area contributed by atoms with Crippen molar-refractivity contribution in [3.05, 3.63) is 63.6 Å². The molecular formula is C22H22ClN3. The SMILES string of the molecule is Cc1ccc2c(n1)CCC2=Cn1c2c(c3cc(Cl)ccc31)CN(C)CC2. The van der Waals surface area contributed by atoms with Crippen LogP contribution in [0.3, 0.4) is 0 Å². The van der Waals surface area contributed by atoms with Crippen LogP contribution in [0.15, 0.2) is 30.3 Å². The number of rotatable bonds is 1. The van der Waals surface area contributed by atoms with E-state index in [9.17, 15) is 0 Å². The van der Waals surface area contributed by atoms with E-state index in [0.717, 1.165) is 43.1 Å². The lowest BCUT2D eigenvalue weighted by Gasteiger charge is -2.23. The van der Waals surface area contributed by atoms with Crippen LogP contribution in [0.25, 0.3) is 22.7 Å².